The van der Waals surface area contributed by atoms with E-state index in [2.05, 4.69) is 12.6 Å². The number of rotatable bonds is 5. The molecule has 0 aromatic heterocycles. The van der Waals surface area contributed by atoms with Crippen LogP contribution in [0.25, 0.3) is 0 Å². The fourth-order valence-corrected chi connectivity index (χ4v) is 1.88. The van der Waals surface area contributed by atoms with Crippen LogP contribution in [0.2, 0.25) is 0 Å². The van der Waals surface area contributed by atoms with Gasteiger partial charge in [0, 0.05) is 0 Å². The molecule has 5 heteroatoms. The fraction of sp³-hybridized carbons (Fsp3) is 0.417. The molecule has 0 bridgehead atoms. The first-order chi connectivity index (χ1) is 8.16. The molecule has 0 radical (unpaired) electrons. The zero-order valence-corrected chi connectivity index (χ0v) is 10.3. The summed E-state index contributed by atoms with van der Waals surface area (Å²) in [5, 5.41) is -0.254. The van der Waals surface area contributed by atoms with Crippen LogP contribution in [0.5, 0.6) is 11.5 Å². The molecule has 0 saturated heterocycles. The van der Waals surface area contributed by atoms with Gasteiger partial charge >= 0.3 is 0 Å². The Morgan fingerprint density at radius 2 is 2.18 bits per heavy atom. The summed E-state index contributed by atoms with van der Waals surface area (Å²) in [6, 6.07) is 5.41. The number of carbonyl (C=O) groups excluding carboxylic acids is 1. The van der Waals surface area contributed by atoms with Gasteiger partial charge < -0.3 is 15.2 Å². The highest BCUT2D eigenvalue weighted by atomic mass is 32.1. The molecule has 2 rings (SSSR count). The van der Waals surface area contributed by atoms with Gasteiger partial charge in [-0.15, -0.1) is 12.6 Å². The molecule has 1 aliphatic heterocycles. The van der Waals surface area contributed by atoms with Crippen LogP contribution < -0.4 is 15.2 Å². The van der Waals surface area contributed by atoms with E-state index in [9.17, 15) is 4.79 Å². The smallest absolute Gasteiger partial charge is 0.231 e. The Morgan fingerprint density at radius 1 is 1.41 bits per heavy atom. The number of thiol groups is 1. The first-order valence-electron chi connectivity index (χ1n) is 5.54. The Bertz CT molecular complexity index is 422. The summed E-state index contributed by atoms with van der Waals surface area (Å²) < 4.78 is 10.5. The van der Waals surface area contributed by atoms with Crippen molar-refractivity contribution in [2.24, 2.45) is 5.73 Å². The van der Waals surface area contributed by atoms with Crippen molar-refractivity contribution < 1.29 is 14.3 Å². The molecule has 1 aromatic carbocycles. The Kier molecular flexibility index (Phi) is 3.91. The van der Waals surface area contributed by atoms with E-state index >= 15 is 0 Å². The Balaban J connectivity index is 1.85. The van der Waals surface area contributed by atoms with Gasteiger partial charge in [0.05, 0.1) is 6.04 Å². The lowest BCUT2D eigenvalue weighted by atomic mass is 10.1. The molecule has 17 heavy (non-hydrogen) atoms. The van der Waals surface area contributed by atoms with E-state index in [1.807, 2.05) is 18.2 Å². The minimum Gasteiger partial charge on any atom is -0.454 e. The SMILES string of the molecule is NC(CCCc1ccc2c(c1)OCO2)C(=O)S. The summed E-state index contributed by atoms with van der Waals surface area (Å²) in [7, 11) is 0. The van der Waals surface area contributed by atoms with Gasteiger partial charge in [0.1, 0.15) is 0 Å². The molecule has 4 nitrogen and oxygen atoms in total. The average Bonchev–Trinajstić information content (AvgIpc) is 2.75. The number of hydrogen-bond acceptors (Lipinski definition) is 4. The van der Waals surface area contributed by atoms with Gasteiger partial charge in [0.15, 0.2) is 11.5 Å². The van der Waals surface area contributed by atoms with Crippen LogP contribution in [0.15, 0.2) is 18.2 Å². The van der Waals surface area contributed by atoms with Crippen molar-refractivity contribution in [3.63, 3.8) is 0 Å². The molecule has 0 spiro atoms. The van der Waals surface area contributed by atoms with Gasteiger partial charge in [-0.2, -0.15) is 0 Å². The van der Waals surface area contributed by atoms with Crippen LogP contribution in [0.4, 0.5) is 0 Å². The lowest BCUT2D eigenvalue weighted by molar-refractivity contribution is -0.112. The van der Waals surface area contributed by atoms with E-state index in [0.717, 1.165) is 29.9 Å². The zero-order valence-electron chi connectivity index (χ0n) is 9.39. The Morgan fingerprint density at radius 3 is 2.94 bits per heavy atom. The van der Waals surface area contributed by atoms with Gasteiger partial charge in [0.25, 0.3) is 0 Å². The van der Waals surface area contributed by atoms with E-state index in [-0.39, 0.29) is 11.9 Å². The molecule has 1 unspecified atom stereocenters. The number of carbonyl (C=O) groups is 1. The molecule has 1 aliphatic rings. The van der Waals surface area contributed by atoms with Crippen LogP contribution in [-0.4, -0.2) is 18.0 Å². The van der Waals surface area contributed by atoms with Crippen molar-refractivity contribution in [2.45, 2.75) is 25.3 Å². The predicted octanol–water partition coefficient (Wildman–Crippen LogP) is 1.52. The van der Waals surface area contributed by atoms with Crippen molar-refractivity contribution in [1.29, 1.82) is 0 Å². The van der Waals surface area contributed by atoms with E-state index < -0.39 is 6.04 Å². The third-order valence-electron chi connectivity index (χ3n) is 2.73. The number of aryl methyl sites for hydroxylation is 1. The Labute approximate surface area is 105 Å². The second-order valence-corrected chi connectivity index (χ2v) is 4.47. The van der Waals surface area contributed by atoms with Crippen LogP contribution in [0.3, 0.4) is 0 Å². The fourth-order valence-electron chi connectivity index (χ4n) is 1.75. The van der Waals surface area contributed by atoms with Gasteiger partial charge in [-0.25, -0.2) is 0 Å². The highest BCUT2D eigenvalue weighted by Gasteiger charge is 2.13. The van der Waals surface area contributed by atoms with Crippen molar-refractivity contribution in [3.05, 3.63) is 23.8 Å². The molecule has 0 amide bonds. The molecular formula is C12H15NO3S. The summed E-state index contributed by atoms with van der Waals surface area (Å²) in [5.74, 6) is 1.58. The third-order valence-corrected chi connectivity index (χ3v) is 3.07. The maximum atomic E-state index is 10.8. The quantitative estimate of drug-likeness (QED) is 0.781. The second-order valence-electron chi connectivity index (χ2n) is 4.02. The van der Waals surface area contributed by atoms with Crippen LogP contribution in [0, 0.1) is 0 Å². The number of ether oxygens (including phenoxy) is 2. The van der Waals surface area contributed by atoms with Gasteiger partial charge in [-0.3, -0.25) is 4.79 Å². The van der Waals surface area contributed by atoms with Crippen molar-refractivity contribution in [2.75, 3.05) is 6.79 Å². The monoisotopic (exact) mass is 253 g/mol. The van der Waals surface area contributed by atoms with Crippen LogP contribution >= 0.6 is 12.6 Å². The summed E-state index contributed by atoms with van der Waals surface area (Å²) in [6.07, 6.45) is 2.37. The number of nitrogens with two attached hydrogens (primary N) is 1. The maximum Gasteiger partial charge on any atom is 0.231 e. The number of hydrogen-bond donors (Lipinski definition) is 2. The summed E-state index contributed by atoms with van der Waals surface area (Å²) in [6.45, 7) is 0.289. The average molecular weight is 253 g/mol. The minimum absolute atomic E-state index is 0.254. The van der Waals surface area contributed by atoms with Gasteiger partial charge in [-0.1, -0.05) is 6.07 Å². The van der Waals surface area contributed by atoms with Crippen LogP contribution in [-0.2, 0) is 11.2 Å². The van der Waals surface area contributed by atoms with E-state index in [0.29, 0.717) is 6.42 Å². The Hall–Kier alpha value is -1.20. The topological polar surface area (TPSA) is 61.6 Å². The van der Waals surface area contributed by atoms with E-state index in [1.54, 1.807) is 0 Å². The predicted molar refractivity (Wildman–Crippen MR) is 67.5 cm³/mol. The lowest BCUT2D eigenvalue weighted by Crippen LogP contribution is -2.26. The highest BCUT2D eigenvalue weighted by molar-refractivity contribution is 7.96. The summed E-state index contributed by atoms with van der Waals surface area (Å²) in [5.41, 5.74) is 6.76. The van der Waals surface area contributed by atoms with Gasteiger partial charge in [-0.05, 0) is 37.0 Å². The molecule has 0 aliphatic carbocycles. The number of benzene rings is 1. The second kappa shape index (κ2) is 5.42. The van der Waals surface area contributed by atoms with E-state index in [4.69, 9.17) is 15.2 Å². The molecule has 1 atom stereocenters. The first kappa shape index (κ1) is 12.3. The molecule has 0 saturated carbocycles. The third kappa shape index (κ3) is 3.14. The normalized spacial score (nSPS) is 14.7. The molecular weight excluding hydrogens is 238 g/mol. The highest BCUT2D eigenvalue weighted by Crippen LogP contribution is 2.32. The largest absolute Gasteiger partial charge is 0.454 e. The first-order valence-corrected chi connectivity index (χ1v) is 5.98. The molecule has 92 valence electrons. The van der Waals surface area contributed by atoms with E-state index in [1.165, 1.54) is 0 Å². The molecule has 1 heterocycles. The summed E-state index contributed by atoms with van der Waals surface area (Å²) >= 11 is 3.71. The van der Waals surface area contributed by atoms with Crippen LogP contribution in [0.1, 0.15) is 18.4 Å². The lowest BCUT2D eigenvalue weighted by Gasteiger charge is -2.07. The summed E-state index contributed by atoms with van der Waals surface area (Å²) in [4.78, 5) is 10.8. The zero-order chi connectivity index (χ0) is 12.3. The van der Waals surface area contributed by atoms with Crippen molar-refractivity contribution in [3.8, 4) is 11.5 Å². The molecule has 0 fully saturated rings. The van der Waals surface area contributed by atoms with Crippen molar-refractivity contribution in [1.82, 2.24) is 0 Å². The number of fused-ring (bicyclic) bond motifs is 1. The molecule has 2 N–H and O–H groups in total. The standard InChI is InChI=1S/C12H15NO3S/c13-9(12(14)17)3-1-2-8-4-5-10-11(6-8)16-7-15-10/h4-6,9H,1-3,7,13H2,(H,14,17). The molecule has 1 aromatic rings. The van der Waals surface area contributed by atoms with Crippen molar-refractivity contribution >= 4 is 17.7 Å². The maximum absolute atomic E-state index is 10.8. The minimum atomic E-state index is -0.465. The van der Waals surface area contributed by atoms with Gasteiger partial charge in [0.2, 0.25) is 11.9 Å².